The molecule has 13 nitrogen and oxygen atoms in total. The van der Waals surface area contributed by atoms with Crippen LogP contribution in [0.5, 0.6) is 0 Å². The summed E-state index contributed by atoms with van der Waals surface area (Å²) in [5.41, 5.74) is 1.60. The Hall–Kier alpha value is -4.94. The highest BCUT2D eigenvalue weighted by molar-refractivity contribution is 5.75. The van der Waals surface area contributed by atoms with Gasteiger partial charge in [-0.3, -0.25) is 9.59 Å². The van der Waals surface area contributed by atoms with Gasteiger partial charge in [0.05, 0.1) is 23.7 Å². The third kappa shape index (κ3) is 13.3. The van der Waals surface area contributed by atoms with Crippen molar-refractivity contribution in [1.82, 2.24) is 24.8 Å². The van der Waals surface area contributed by atoms with Crippen molar-refractivity contribution < 1.29 is 38.1 Å². The molecule has 13 heteroatoms. The molecule has 0 aliphatic carbocycles. The molecule has 5 rings (SSSR count). The van der Waals surface area contributed by atoms with Crippen LogP contribution in [0, 0.1) is 23.7 Å². The van der Waals surface area contributed by atoms with Gasteiger partial charge in [0.25, 0.3) is 0 Å². The molecule has 2 aliphatic heterocycles. The molecule has 2 fully saturated rings. The van der Waals surface area contributed by atoms with Gasteiger partial charge in [0, 0.05) is 31.7 Å². The molecule has 2 amide bonds. The predicted octanol–water partition coefficient (Wildman–Crippen LogP) is 8.45. The number of likely N-dealkylation sites (tertiary alicyclic amines) is 2. The van der Waals surface area contributed by atoms with Crippen LogP contribution >= 0.6 is 0 Å². The summed E-state index contributed by atoms with van der Waals surface area (Å²) < 4.78 is 24.8. The zero-order valence-corrected chi connectivity index (χ0v) is 37.2. The van der Waals surface area contributed by atoms with Gasteiger partial charge in [-0.1, -0.05) is 35.5 Å². The van der Waals surface area contributed by atoms with Crippen LogP contribution in [0.15, 0.2) is 54.7 Å². The van der Waals surface area contributed by atoms with Gasteiger partial charge in [-0.05, 0) is 150 Å². The van der Waals surface area contributed by atoms with E-state index in [0.717, 1.165) is 22.4 Å². The molecule has 322 valence electrons. The third-order valence-electron chi connectivity index (χ3n) is 10.1. The van der Waals surface area contributed by atoms with Gasteiger partial charge < -0.3 is 28.7 Å². The molecular weight excluding hydrogens is 751 g/mol. The van der Waals surface area contributed by atoms with Crippen molar-refractivity contribution in [2.45, 2.75) is 131 Å². The van der Waals surface area contributed by atoms with Crippen molar-refractivity contribution in [2.24, 2.45) is 23.7 Å². The molecule has 0 radical (unpaired) electrons. The van der Waals surface area contributed by atoms with E-state index in [2.05, 4.69) is 10.3 Å². The van der Waals surface area contributed by atoms with Crippen LogP contribution in [-0.2, 0) is 41.4 Å². The number of carbonyl (C=O) groups is 4. The van der Waals surface area contributed by atoms with E-state index >= 15 is 0 Å². The Bertz CT molecular complexity index is 1830. The van der Waals surface area contributed by atoms with E-state index in [9.17, 15) is 19.2 Å². The van der Waals surface area contributed by atoms with Crippen LogP contribution in [0.2, 0.25) is 0 Å². The lowest BCUT2D eigenvalue weighted by atomic mass is 9.85. The summed E-state index contributed by atoms with van der Waals surface area (Å²) in [6.07, 6.45) is 3.30. The average Bonchev–Trinajstić information content (AvgIpc) is 3.89. The van der Waals surface area contributed by atoms with Crippen molar-refractivity contribution in [3.05, 3.63) is 65.9 Å². The standard InChI is InChI=1S/C46H65N5O8/c1-43(2,3)56-39(52)36(33-19-21-49(27-33)41(54)58-45(7,8)9)25-30-15-13-17-32(23-30)38-29-51(48-47-38)35-18-14-16-31(24-35)26-37(40(53)57-44(4,5)6)34-20-22-50(28-34)42(55)59-46(10,11)12/h13-18,23-24,29,33-34,36-37H,19-22,25-28H2,1-12H3/t33-,34-,36-,37-/m0/s1. The molecule has 1 aromatic heterocycles. The van der Waals surface area contributed by atoms with E-state index < -0.39 is 34.2 Å². The molecule has 0 unspecified atom stereocenters. The molecule has 0 saturated carbocycles. The van der Waals surface area contributed by atoms with E-state index in [1.807, 2.05) is 138 Å². The summed E-state index contributed by atoms with van der Waals surface area (Å²) in [5, 5.41) is 8.98. The lowest BCUT2D eigenvalue weighted by Crippen LogP contribution is -2.38. The lowest BCUT2D eigenvalue weighted by molar-refractivity contribution is -0.163. The zero-order chi connectivity index (χ0) is 43.5. The minimum Gasteiger partial charge on any atom is -0.460 e. The van der Waals surface area contributed by atoms with Gasteiger partial charge in [-0.25, -0.2) is 14.3 Å². The summed E-state index contributed by atoms with van der Waals surface area (Å²) in [4.78, 5) is 56.5. The molecule has 3 aromatic rings. The van der Waals surface area contributed by atoms with Gasteiger partial charge in [-0.15, -0.1) is 5.10 Å². The van der Waals surface area contributed by atoms with Gasteiger partial charge in [-0.2, -0.15) is 0 Å². The quantitative estimate of drug-likeness (QED) is 0.145. The maximum Gasteiger partial charge on any atom is 0.410 e. The van der Waals surface area contributed by atoms with Crippen molar-refractivity contribution in [2.75, 3.05) is 26.2 Å². The minimum atomic E-state index is -0.662. The Morgan fingerprint density at radius 3 is 1.53 bits per heavy atom. The van der Waals surface area contributed by atoms with E-state index in [-0.39, 0.29) is 36.0 Å². The number of hydrogen-bond donors (Lipinski definition) is 0. The summed E-state index contributed by atoms with van der Waals surface area (Å²) in [6.45, 7) is 24.1. The van der Waals surface area contributed by atoms with Crippen molar-refractivity contribution in [3.63, 3.8) is 0 Å². The van der Waals surface area contributed by atoms with Crippen LogP contribution in [0.1, 0.15) is 107 Å². The van der Waals surface area contributed by atoms with Crippen LogP contribution < -0.4 is 0 Å². The summed E-state index contributed by atoms with van der Waals surface area (Å²) in [5.74, 6) is -1.71. The van der Waals surface area contributed by atoms with Gasteiger partial charge in [0.2, 0.25) is 0 Å². The Morgan fingerprint density at radius 1 is 0.627 bits per heavy atom. The summed E-state index contributed by atoms with van der Waals surface area (Å²) in [7, 11) is 0. The molecule has 0 bridgehead atoms. The molecule has 2 aliphatic rings. The highest BCUT2D eigenvalue weighted by Crippen LogP contribution is 2.33. The highest BCUT2D eigenvalue weighted by Gasteiger charge is 2.41. The topological polar surface area (TPSA) is 142 Å². The Labute approximate surface area is 350 Å². The highest BCUT2D eigenvalue weighted by atomic mass is 16.6. The first kappa shape index (κ1) is 45.1. The Morgan fingerprint density at radius 2 is 1.07 bits per heavy atom. The summed E-state index contributed by atoms with van der Waals surface area (Å²) >= 11 is 0. The van der Waals surface area contributed by atoms with Crippen LogP contribution in [0.4, 0.5) is 9.59 Å². The number of rotatable bonds is 10. The number of amides is 2. The Balaban J connectivity index is 1.33. The van der Waals surface area contributed by atoms with E-state index in [0.29, 0.717) is 57.6 Å². The van der Waals surface area contributed by atoms with Crippen molar-refractivity contribution in [1.29, 1.82) is 0 Å². The maximum absolute atomic E-state index is 13.7. The molecule has 4 atom stereocenters. The van der Waals surface area contributed by atoms with E-state index in [1.165, 1.54) is 0 Å². The number of aromatic nitrogens is 3. The number of ether oxygens (including phenoxy) is 4. The van der Waals surface area contributed by atoms with Gasteiger partial charge >= 0.3 is 24.1 Å². The third-order valence-corrected chi connectivity index (χ3v) is 10.1. The van der Waals surface area contributed by atoms with E-state index in [1.54, 1.807) is 14.5 Å². The summed E-state index contributed by atoms with van der Waals surface area (Å²) in [6, 6.07) is 15.8. The number of esters is 2. The normalized spacial score (nSPS) is 18.6. The fraction of sp³-hybridized carbons (Fsp3) is 0.609. The molecule has 3 heterocycles. The van der Waals surface area contributed by atoms with E-state index in [4.69, 9.17) is 18.9 Å². The van der Waals surface area contributed by atoms with Crippen LogP contribution in [0.25, 0.3) is 16.9 Å². The molecular formula is C46H65N5O8. The second-order valence-electron chi connectivity index (χ2n) is 20.1. The number of carbonyl (C=O) groups excluding carboxylic acids is 4. The SMILES string of the molecule is CC(C)(C)OC(=O)[C@@H](Cc1cccc(-c2cn(-c3cccc(C[C@H](C(=O)OC(C)(C)C)[C@H]4CCN(C(=O)OC(C)(C)C)C4)c3)nn2)c1)[C@H]1CCN(C(=O)OC(C)(C)C)C1. The van der Waals surface area contributed by atoms with Crippen LogP contribution in [-0.4, -0.2) is 97.5 Å². The first-order valence-electron chi connectivity index (χ1n) is 20.8. The van der Waals surface area contributed by atoms with Gasteiger partial charge in [0.1, 0.15) is 28.1 Å². The maximum atomic E-state index is 13.7. The average molecular weight is 816 g/mol. The first-order valence-corrected chi connectivity index (χ1v) is 20.8. The fourth-order valence-corrected chi connectivity index (χ4v) is 7.57. The Kier molecular flexibility index (Phi) is 13.6. The second kappa shape index (κ2) is 17.7. The number of benzene rings is 2. The predicted molar refractivity (Wildman–Crippen MR) is 225 cm³/mol. The zero-order valence-electron chi connectivity index (χ0n) is 37.2. The minimum absolute atomic E-state index is 0.0957. The fourth-order valence-electron chi connectivity index (χ4n) is 7.57. The molecule has 2 saturated heterocycles. The smallest absolute Gasteiger partial charge is 0.410 e. The second-order valence-corrected chi connectivity index (χ2v) is 20.1. The molecule has 0 N–H and O–H groups in total. The first-order chi connectivity index (χ1) is 27.3. The molecule has 2 aromatic carbocycles. The van der Waals surface area contributed by atoms with Crippen LogP contribution in [0.3, 0.4) is 0 Å². The monoisotopic (exact) mass is 815 g/mol. The number of nitrogens with zero attached hydrogens (tertiary/aromatic N) is 5. The number of hydrogen-bond acceptors (Lipinski definition) is 10. The van der Waals surface area contributed by atoms with Crippen molar-refractivity contribution >= 4 is 24.1 Å². The molecule has 0 spiro atoms. The lowest BCUT2D eigenvalue weighted by Gasteiger charge is -2.28. The largest absolute Gasteiger partial charge is 0.460 e. The van der Waals surface area contributed by atoms with Gasteiger partial charge in [0.15, 0.2) is 0 Å². The molecule has 59 heavy (non-hydrogen) atoms. The van der Waals surface area contributed by atoms with Crippen molar-refractivity contribution in [3.8, 4) is 16.9 Å².